The number of phenols is 1. The Bertz CT molecular complexity index is 1080. The molecule has 0 aliphatic carbocycles. The van der Waals surface area contributed by atoms with Crippen LogP contribution in [0.25, 0.3) is 0 Å². The van der Waals surface area contributed by atoms with Gasteiger partial charge in [0.05, 0.1) is 10.6 Å². The zero-order chi connectivity index (χ0) is 23.1. The summed E-state index contributed by atoms with van der Waals surface area (Å²) < 4.78 is 1.78. The topological polar surface area (TPSA) is 42.2 Å². The first kappa shape index (κ1) is 23.4. The normalized spacial score (nSPS) is 12.3. The van der Waals surface area contributed by atoms with Gasteiger partial charge in [0.1, 0.15) is 10.9 Å². The molecule has 0 aliphatic rings. The van der Waals surface area contributed by atoms with Gasteiger partial charge in [-0.3, -0.25) is 4.79 Å². The van der Waals surface area contributed by atoms with Gasteiger partial charge in [-0.05, 0) is 28.5 Å². The number of carbonyl (C=O) groups excluding carboxylic acids is 1. The Morgan fingerprint density at radius 3 is 1.94 bits per heavy atom. The molecule has 0 unspecified atom stereocenters. The highest BCUT2D eigenvalue weighted by Crippen LogP contribution is 2.41. The Hall–Kier alpha value is -2.23. The number of halogens is 2. The van der Waals surface area contributed by atoms with Crippen LogP contribution in [0, 0.1) is 0 Å². The summed E-state index contributed by atoms with van der Waals surface area (Å²) in [5.74, 6) is 0.0250. The molecule has 1 aromatic heterocycles. The van der Waals surface area contributed by atoms with Gasteiger partial charge in [0.25, 0.3) is 0 Å². The Morgan fingerprint density at radius 2 is 1.45 bits per heavy atom. The monoisotopic (exact) mass is 457 g/mol. The van der Waals surface area contributed by atoms with Crippen molar-refractivity contribution in [3.63, 3.8) is 0 Å². The molecular formula is C26H29Cl2NO2. The van der Waals surface area contributed by atoms with Gasteiger partial charge < -0.3 is 9.67 Å². The van der Waals surface area contributed by atoms with E-state index in [1.54, 1.807) is 22.9 Å². The molecule has 164 valence electrons. The van der Waals surface area contributed by atoms with Gasteiger partial charge in [-0.2, -0.15) is 0 Å². The largest absolute Gasteiger partial charge is 0.507 e. The summed E-state index contributed by atoms with van der Waals surface area (Å²) in [7, 11) is 0. The molecule has 3 nitrogen and oxygen atoms in total. The van der Waals surface area contributed by atoms with E-state index < -0.39 is 0 Å². The van der Waals surface area contributed by atoms with Crippen molar-refractivity contribution in [3.8, 4) is 5.75 Å². The van der Waals surface area contributed by atoms with Crippen molar-refractivity contribution in [2.75, 3.05) is 0 Å². The third kappa shape index (κ3) is 4.83. The van der Waals surface area contributed by atoms with Crippen molar-refractivity contribution in [1.29, 1.82) is 0 Å². The van der Waals surface area contributed by atoms with E-state index in [9.17, 15) is 9.90 Å². The Labute approximate surface area is 194 Å². The van der Waals surface area contributed by atoms with Crippen LogP contribution >= 0.6 is 23.2 Å². The Morgan fingerprint density at radius 1 is 0.935 bits per heavy atom. The number of aromatic hydroxyl groups is 1. The Kier molecular flexibility index (Phi) is 6.32. The van der Waals surface area contributed by atoms with Crippen LogP contribution in [0.2, 0.25) is 10.2 Å². The molecule has 0 saturated carbocycles. The lowest BCUT2D eigenvalue weighted by Crippen LogP contribution is -2.19. The molecule has 0 atom stereocenters. The minimum Gasteiger partial charge on any atom is -0.507 e. The molecule has 0 amide bonds. The van der Waals surface area contributed by atoms with Gasteiger partial charge in [-0.1, -0.05) is 95.1 Å². The lowest BCUT2D eigenvalue weighted by molar-refractivity contribution is 0.103. The van der Waals surface area contributed by atoms with Crippen molar-refractivity contribution >= 4 is 29.0 Å². The highest BCUT2D eigenvalue weighted by Gasteiger charge is 2.29. The SMILES string of the molecule is CC(C)(C)c1cc(C(=O)c2cn(Cc3ccccc3)c(Cl)c2Cl)cc(C(C)(C)C)c1O. The van der Waals surface area contributed by atoms with E-state index in [2.05, 4.69) is 0 Å². The highest BCUT2D eigenvalue weighted by molar-refractivity contribution is 6.44. The van der Waals surface area contributed by atoms with Crippen LogP contribution in [0.5, 0.6) is 5.75 Å². The molecule has 3 aromatic rings. The van der Waals surface area contributed by atoms with E-state index in [1.165, 1.54) is 0 Å². The molecule has 3 rings (SSSR count). The third-order valence-electron chi connectivity index (χ3n) is 5.38. The fraction of sp³-hybridized carbons (Fsp3) is 0.346. The lowest BCUT2D eigenvalue weighted by atomic mass is 9.78. The minimum atomic E-state index is -0.332. The van der Waals surface area contributed by atoms with Crippen LogP contribution < -0.4 is 0 Å². The lowest BCUT2D eigenvalue weighted by Gasteiger charge is -2.28. The average Bonchev–Trinajstić information content (AvgIpc) is 2.95. The minimum absolute atomic E-state index is 0.213. The number of rotatable bonds is 4. The molecule has 5 heteroatoms. The molecule has 0 saturated heterocycles. The fourth-order valence-corrected chi connectivity index (χ4v) is 4.08. The summed E-state index contributed by atoms with van der Waals surface area (Å²) >= 11 is 13.0. The number of phenolic OH excluding ortho intramolecular Hbond substituents is 1. The molecule has 1 heterocycles. The van der Waals surface area contributed by atoms with E-state index in [4.69, 9.17) is 23.2 Å². The number of ketones is 1. The van der Waals surface area contributed by atoms with E-state index >= 15 is 0 Å². The van der Waals surface area contributed by atoms with E-state index in [1.807, 2.05) is 71.9 Å². The van der Waals surface area contributed by atoms with Gasteiger partial charge in [0.2, 0.25) is 0 Å². The molecule has 0 spiro atoms. The summed E-state index contributed by atoms with van der Waals surface area (Å²) in [4.78, 5) is 13.5. The molecular weight excluding hydrogens is 429 g/mol. The maximum absolute atomic E-state index is 13.5. The predicted octanol–water partition coefficient (Wildman–Crippen LogP) is 7.37. The summed E-state index contributed by atoms with van der Waals surface area (Å²) in [6, 6.07) is 13.4. The van der Waals surface area contributed by atoms with E-state index in [0.29, 0.717) is 22.8 Å². The van der Waals surface area contributed by atoms with Crippen molar-refractivity contribution in [3.05, 3.63) is 86.7 Å². The molecule has 0 fully saturated rings. The first-order valence-corrected chi connectivity index (χ1v) is 11.1. The summed E-state index contributed by atoms with van der Waals surface area (Å²) in [5, 5.41) is 11.5. The smallest absolute Gasteiger partial charge is 0.196 e. The van der Waals surface area contributed by atoms with Crippen LogP contribution in [-0.2, 0) is 17.4 Å². The zero-order valence-corrected chi connectivity index (χ0v) is 20.4. The van der Waals surface area contributed by atoms with Crippen molar-refractivity contribution in [2.24, 2.45) is 0 Å². The number of hydrogen-bond acceptors (Lipinski definition) is 2. The number of benzene rings is 2. The second kappa shape index (κ2) is 8.37. The molecule has 0 radical (unpaired) electrons. The standard InChI is InChI=1S/C26H29Cl2NO2/c1-25(2,3)19-12-17(13-20(23(19)31)26(4,5)6)22(30)18-15-29(24(28)21(18)27)14-16-10-8-7-9-11-16/h7-13,15,31H,14H2,1-6H3. The fourth-order valence-electron chi connectivity index (χ4n) is 3.62. The van der Waals surface area contributed by atoms with Gasteiger partial charge >= 0.3 is 0 Å². The van der Waals surface area contributed by atoms with Crippen molar-refractivity contribution < 1.29 is 9.90 Å². The second-order valence-corrected chi connectivity index (χ2v) is 10.7. The van der Waals surface area contributed by atoms with Crippen LogP contribution in [0.4, 0.5) is 0 Å². The second-order valence-electron chi connectivity index (χ2n) is 10.0. The summed E-state index contributed by atoms with van der Waals surface area (Å²) in [6.45, 7) is 12.6. The maximum Gasteiger partial charge on any atom is 0.196 e. The van der Waals surface area contributed by atoms with Crippen LogP contribution in [0.1, 0.15) is 74.2 Å². The van der Waals surface area contributed by atoms with Crippen LogP contribution in [0.3, 0.4) is 0 Å². The highest BCUT2D eigenvalue weighted by atomic mass is 35.5. The first-order chi connectivity index (χ1) is 14.3. The maximum atomic E-state index is 13.5. The predicted molar refractivity (Wildman–Crippen MR) is 129 cm³/mol. The summed E-state index contributed by atoms with van der Waals surface area (Å²) in [6.07, 6.45) is 1.71. The van der Waals surface area contributed by atoms with Crippen molar-refractivity contribution in [2.45, 2.75) is 58.9 Å². The van der Waals surface area contributed by atoms with Gasteiger partial charge in [-0.25, -0.2) is 0 Å². The van der Waals surface area contributed by atoms with E-state index in [-0.39, 0.29) is 27.4 Å². The van der Waals surface area contributed by atoms with E-state index in [0.717, 1.165) is 16.7 Å². The van der Waals surface area contributed by atoms with Gasteiger partial charge in [0.15, 0.2) is 5.78 Å². The number of carbonyl (C=O) groups is 1. The van der Waals surface area contributed by atoms with Crippen LogP contribution in [-0.4, -0.2) is 15.5 Å². The number of hydrogen-bond donors (Lipinski definition) is 1. The molecule has 1 N–H and O–H groups in total. The molecule has 0 bridgehead atoms. The third-order valence-corrected chi connectivity index (χ3v) is 6.27. The molecule has 0 aliphatic heterocycles. The average molecular weight is 458 g/mol. The van der Waals surface area contributed by atoms with Gasteiger partial charge in [-0.15, -0.1) is 0 Å². The van der Waals surface area contributed by atoms with Crippen LogP contribution in [0.15, 0.2) is 48.7 Å². The first-order valence-electron chi connectivity index (χ1n) is 10.3. The van der Waals surface area contributed by atoms with Crippen molar-refractivity contribution in [1.82, 2.24) is 4.57 Å². The number of aromatic nitrogens is 1. The zero-order valence-electron chi connectivity index (χ0n) is 18.9. The Balaban J connectivity index is 2.10. The molecule has 2 aromatic carbocycles. The quantitative estimate of drug-likeness (QED) is 0.415. The summed E-state index contributed by atoms with van der Waals surface area (Å²) in [5.41, 5.74) is 2.70. The molecule has 31 heavy (non-hydrogen) atoms. The van der Waals surface area contributed by atoms with Gasteiger partial charge in [0, 0.05) is 29.4 Å². The number of nitrogens with zero attached hydrogens (tertiary/aromatic N) is 1.